The first-order valence-corrected chi connectivity index (χ1v) is 7.08. The Labute approximate surface area is 104 Å². The first-order valence-electron chi connectivity index (χ1n) is 5.54. The normalized spacial score (nSPS) is 23.8. The van der Waals surface area contributed by atoms with Crippen LogP contribution in [-0.4, -0.2) is 26.3 Å². The summed E-state index contributed by atoms with van der Waals surface area (Å²) in [5.74, 6) is -3.39. The van der Waals surface area contributed by atoms with Gasteiger partial charge in [-0.25, -0.2) is 8.42 Å². The van der Waals surface area contributed by atoms with E-state index in [4.69, 9.17) is 5.73 Å². The summed E-state index contributed by atoms with van der Waals surface area (Å²) >= 11 is 0. The van der Waals surface area contributed by atoms with Gasteiger partial charge in [-0.15, -0.1) is 0 Å². The smallest absolute Gasteiger partial charge is 0.341 e. The predicted molar refractivity (Wildman–Crippen MR) is 64.3 cm³/mol. The molecule has 1 aliphatic rings. The van der Waals surface area contributed by atoms with Gasteiger partial charge >= 0.3 is 5.76 Å². The summed E-state index contributed by atoms with van der Waals surface area (Å²) in [6.45, 7) is 0. The zero-order valence-electron chi connectivity index (χ0n) is 9.51. The molecule has 1 aromatic rings. The second-order valence-corrected chi connectivity index (χ2v) is 6.32. The summed E-state index contributed by atoms with van der Waals surface area (Å²) in [6.07, 6.45) is 1.72. The fourth-order valence-electron chi connectivity index (χ4n) is 1.86. The number of sulfone groups is 1. The largest absolute Gasteiger partial charge is 0.382 e. The van der Waals surface area contributed by atoms with Crippen LogP contribution in [0.2, 0.25) is 0 Å². The summed E-state index contributed by atoms with van der Waals surface area (Å²) in [4.78, 5) is -0.367. The molecule has 0 unspecified atom stereocenters. The maximum Gasteiger partial charge on any atom is 0.341 e. The molecule has 2 rings (SSSR count). The van der Waals surface area contributed by atoms with Crippen molar-refractivity contribution in [2.45, 2.75) is 35.6 Å². The zero-order valence-corrected chi connectivity index (χ0v) is 10.3. The van der Waals surface area contributed by atoms with Gasteiger partial charge in [0, 0.05) is 17.8 Å². The van der Waals surface area contributed by atoms with Crippen LogP contribution in [0, 0.1) is 0 Å². The van der Waals surface area contributed by atoms with E-state index in [0.717, 1.165) is 12.8 Å². The fraction of sp³-hybridized carbons (Fsp3) is 0.455. The Balaban J connectivity index is 2.06. The highest BCUT2D eigenvalue weighted by Gasteiger charge is 2.27. The Kier molecular flexibility index (Phi) is 3.54. The number of benzene rings is 1. The average molecular weight is 276 g/mol. The topological polar surface area (TPSA) is 72.2 Å². The van der Waals surface area contributed by atoms with Crippen LogP contribution in [-0.2, 0) is 9.84 Å². The number of rotatable bonds is 4. The third-order valence-corrected chi connectivity index (χ3v) is 4.36. The Morgan fingerprint density at radius 1 is 1.22 bits per heavy atom. The standard InChI is InChI=1S/C11H14F2N2O2S/c12-11(13)18(16,17)10-3-1-8(2-4-10)15-9-5-7(14)6-9/h1-4,7,9,11,15H,5-6,14H2. The molecular weight excluding hydrogens is 262 g/mol. The SMILES string of the molecule is NC1CC(Nc2ccc(S(=O)(=O)C(F)F)cc2)C1. The van der Waals surface area contributed by atoms with Gasteiger partial charge in [0.1, 0.15) is 0 Å². The molecule has 0 radical (unpaired) electrons. The van der Waals surface area contributed by atoms with Crippen molar-refractivity contribution in [3.63, 3.8) is 0 Å². The summed E-state index contributed by atoms with van der Waals surface area (Å²) in [5.41, 5.74) is 6.34. The van der Waals surface area contributed by atoms with Gasteiger partial charge in [-0.2, -0.15) is 8.78 Å². The van der Waals surface area contributed by atoms with Crippen molar-refractivity contribution in [3.8, 4) is 0 Å². The minimum absolute atomic E-state index is 0.209. The Morgan fingerprint density at radius 3 is 2.22 bits per heavy atom. The monoisotopic (exact) mass is 276 g/mol. The predicted octanol–water partition coefficient (Wildman–Crippen LogP) is 1.58. The number of hydrogen-bond donors (Lipinski definition) is 2. The van der Waals surface area contributed by atoms with Crippen molar-refractivity contribution in [1.82, 2.24) is 0 Å². The first kappa shape index (κ1) is 13.2. The number of anilines is 1. The Hall–Kier alpha value is -1.21. The van der Waals surface area contributed by atoms with Crippen molar-refractivity contribution in [1.29, 1.82) is 0 Å². The third-order valence-electron chi connectivity index (χ3n) is 2.96. The molecule has 0 aromatic heterocycles. The van der Waals surface area contributed by atoms with Crippen LogP contribution in [0.5, 0.6) is 0 Å². The molecule has 0 aliphatic heterocycles. The fourth-order valence-corrected chi connectivity index (χ4v) is 2.58. The molecule has 100 valence electrons. The molecule has 1 aromatic carbocycles. The molecule has 7 heteroatoms. The van der Waals surface area contributed by atoms with Crippen molar-refractivity contribution in [2.75, 3.05) is 5.32 Å². The molecule has 18 heavy (non-hydrogen) atoms. The van der Waals surface area contributed by atoms with E-state index in [0.29, 0.717) is 5.69 Å². The lowest BCUT2D eigenvalue weighted by Gasteiger charge is -2.33. The molecule has 0 atom stereocenters. The van der Waals surface area contributed by atoms with Gasteiger partial charge in [-0.05, 0) is 37.1 Å². The molecule has 0 saturated heterocycles. The van der Waals surface area contributed by atoms with E-state index in [1.165, 1.54) is 24.3 Å². The molecule has 0 amide bonds. The Bertz CT molecular complexity index is 510. The van der Waals surface area contributed by atoms with Crippen molar-refractivity contribution >= 4 is 15.5 Å². The molecule has 0 bridgehead atoms. The van der Waals surface area contributed by atoms with Crippen LogP contribution < -0.4 is 11.1 Å². The highest BCUT2D eigenvalue weighted by Crippen LogP contribution is 2.24. The van der Waals surface area contributed by atoms with Gasteiger partial charge in [0.25, 0.3) is 0 Å². The molecule has 1 aliphatic carbocycles. The second-order valence-electron chi connectivity index (χ2n) is 4.40. The maximum atomic E-state index is 12.3. The molecule has 1 fully saturated rings. The van der Waals surface area contributed by atoms with E-state index >= 15 is 0 Å². The number of nitrogens with two attached hydrogens (primary N) is 1. The van der Waals surface area contributed by atoms with Gasteiger partial charge < -0.3 is 11.1 Å². The van der Waals surface area contributed by atoms with Crippen LogP contribution >= 0.6 is 0 Å². The lowest BCUT2D eigenvalue weighted by atomic mass is 9.87. The van der Waals surface area contributed by atoms with Crippen LogP contribution in [0.25, 0.3) is 0 Å². The molecule has 0 heterocycles. The first-order chi connectivity index (χ1) is 8.39. The van der Waals surface area contributed by atoms with E-state index in [1.54, 1.807) is 0 Å². The molecule has 3 N–H and O–H groups in total. The lowest BCUT2D eigenvalue weighted by Crippen LogP contribution is -2.44. The molecular formula is C11H14F2N2O2S. The molecule has 1 saturated carbocycles. The van der Waals surface area contributed by atoms with Crippen LogP contribution in [0.4, 0.5) is 14.5 Å². The van der Waals surface area contributed by atoms with E-state index in [-0.39, 0.29) is 17.0 Å². The van der Waals surface area contributed by atoms with Crippen LogP contribution in [0.1, 0.15) is 12.8 Å². The number of halogens is 2. The number of hydrogen-bond acceptors (Lipinski definition) is 4. The molecule has 4 nitrogen and oxygen atoms in total. The third kappa shape index (κ3) is 2.62. The highest BCUT2D eigenvalue weighted by molar-refractivity contribution is 7.91. The highest BCUT2D eigenvalue weighted by atomic mass is 32.2. The summed E-state index contributed by atoms with van der Waals surface area (Å²) < 4.78 is 47.0. The van der Waals surface area contributed by atoms with Gasteiger partial charge in [-0.1, -0.05) is 0 Å². The van der Waals surface area contributed by atoms with E-state index in [9.17, 15) is 17.2 Å². The van der Waals surface area contributed by atoms with Crippen LogP contribution in [0.3, 0.4) is 0 Å². The second kappa shape index (κ2) is 4.81. The number of alkyl halides is 2. The van der Waals surface area contributed by atoms with Gasteiger partial charge in [0.15, 0.2) is 0 Å². The van der Waals surface area contributed by atoms with Crippen LogP contribution in [0.15, 0.2) is 29.2 Å². The summed E-state index contributed by atoms with van der Waals surface area (Å²) in [7, 11) is -4.50. The summed E-state index contributed by atoms with van der Waals surface area (Å²) in [5, 5.41) is 3.15. The van der Waals surface area contributed by atoms with Gasteiger partial charge in [0.05, 0.1) is 4.90 Å². The van der Waals surface area contributed by atoms with E-state index < -0.39 is 15.6 Å². The zero-order chi connectivity index (χ0) is 13.3. The van der Waals surface area contributed by atoms with Crippen molar-refractivity contribution in [3.05, 3.63) is 24.3 Å². The maximum absolute atomic E-state index is 12.3. The van der Waals surface area contributed by atoms with E-state index in [2.05, 4.69) is 5.32 Å². The summed E-state index contributed by atoms with van der Waals surface area (Å²) in [6, 6.07) is 5.82. The quantitative estimate of drug-likeness (QED) is 0.876. The van der Waals surface area contributed by atoms with Crippen molar-refractivity contribution in [2.24, 2.45) is 5.73 Å². The minimum atomic E-state index is -4.50. The van der Waals surface area contributed by atoms with Crippen molar-refractivity contribution < 1.29 is 17.2 Å². The number of nitrogens with one attached hydrogen (secondary N) is 1. The lowest BCUT2D eigenvalue weighted by molar-refractivity contribution is 0.234. The van der Waals surface area contributed by atoms with Gasteiger partial charge in [0.2, 0.25) is 9.84 Å². The molecule has 0 spiro atoms. The average Bonchev–Trinajstić information content (AvgIpc) is 2.27. The van der Waals surface area contributed by atoms with E-state index in [1.807, 2.05) is 0 Å². The minimum Gasteiger partial charge on any atom is -0.382 e. The van der Waals surface area contributed by atoms with Gasteiger partial charge in [-0.3, -0.25) is 0 Å². The Morgan fingerprint density at radius 2 is 1.78 bits per heavy atom.